The molecule has 1 saturated heterocycles. The van der Waals surface area contributed by atoms with Gasteiger partial charge in [0.1, 0.15) is 11.7 Å². The van der Waals surface area contributed by atoms with Crippen molar-refractivity contribution in [1.29, 1.82) is 0 Å². The monoisotopic (exact) mass is 278 g/mol. The molecule has 2 bridgehead atoms. The van der Waals surface area contributed by atoms with E-state index in [1.165, 1.54) is 19.3 Å². The Morgan fingerprint density at radius 2 is 2.05 bits per heavy atom. The van der Waals surface area contributed by atoms with Crippen molar-refractivity contribution in [2.75, 3.05) is 0 Å². The van der Waals surface area contributed by atoms with Crippen molar-refractivity contribution in [3.05, 3.63) is 12.7 Å². The SMILES string of the molecule is C=CC(=O)OC(C)(C)C1C(=O)OC2CC1C1CCCC21. The summed E-state index contributed by atoms with van der Waals surface area (Å²) in [5, 5.41) is 0. The van der Waals surface area contributed by atoms with E-state index in [1.807, 2.05) is 13.8 Å². The summed E-state index contributed by atoms with van der Waals surface area (Å²) in [4.78, 5) is 23.9. The summed E-state index contributed by atoms with van der Waals surface area (Å²) in [5.74, 6) is 0.350. The smallest absolute Gasteiger partial charge is 0.330 e. The topological polar surface area (TPSA) is 52.6 Å². The molecular formula is C16H22O4. The highest BCUT2D eigenvalue weighted by Crippen LogP contribution is 2.56. The van der Waals surface area contributed by atoms with Crippen LogP contribution in [0.25, 0.3) is 0 Å². The Morgan fingerprint density at radius 1 is 1.35 bits per heavy atom. The molecule has 1 heterocycles. The molecule has 2 aliphatic carbocycles. The van der Waals surface area contributed by atoms with E-state index < -0.39 is 11.6 Å². The highest BCUT2D eigenvalue weighted by Gasteiger charge is 2.59. The van der Waals surface area contributed by atoms with E-state index in [4.69, 9.17) is 9.47 Å². The molecule has 0 aromatic heterocycles. The zero-order chi connectivity index (χ0) is 14.5. The third kappa shape index (κ3) is 1.97. The molecule has 0 amide bonds. The molecule has 1 aliphatic heterocycles. The molecule has 3 aliphatic rings. The molecule has 5 atom stereocenters. The van der Waals surface area contributed by atoms with Gasteiger partial charge in [0.25, 0.3) is 0 Å². The van der Waals surface area contributed by atoms with Gasteiger partial charge in [-0.25, -0.2) is 4.79 Å². The Bertz CT molecular complexity index is 453. The fourth-order valence-electron chi connectivity index (χ4n) is 4.71. The van der Waals surface area contributed by atoms with E-state index in [-0.39, 0.29) is 18.0 Å². The van der Waals surface area contributed by atoms with Gasteiger partial charge in [-0.2, -0.15) is 0 Å². The molecule has 4 nitrogen and oxygen atoms in total. The van der Waals surface area contributed by atoms with E-state index in [0.29, 0.717) is 17.8 Å². The van der Waals surface area contributed by atoms with Gasteiger partial charge in [0.2, 0.25) is 0 Å². The van der Waals surface area contributed by atoms with Crippen LogP contribution in [0.1, 0.15) is 39.5 Å². The first kappa shape index (κ1) is 13.7. The fraction of sp³-hybridized carbons (Fsp3) is 0.750. The molecule has 110 valence electrons. The van der Waals surface area contributed by atoms with Gasteiger partial charge in [0.15, 0.2) is 0 Å². The number of hydrogen-bond donors (Lipinski definition) is 0. The number of hydrogen-bond acceptors (Lipinski definition) is 4. The minimum atomic E-state index is -0.838. The van der Waals surface area contributed by atoms with Gasteiger partial charge in [0, 0.05) is 6.08 Å². The molecule has 20 heavy (non-hydrogen) atoms. The Balaban J connectivity index is 1.86. The van der Waals surface area contributed by atoms with E-state index in [1.54, 1.807) is 0 Å². The van der Waals surface area contributed by atoms with Crippen molar-refractivity contribution in [2.45, 2.75) is 51.2 Å². The average Bonchev–Trinajstić information content (AvgIpc) is 2.93. The van der Waals surface area contributed by atoms with Crippen LogP contribution in [0.4, 0.5) is 0 Å². The molecule has 0 aromatic rings. The van der Waals surface area contributed by atoms with Crippen molar-refractivity contribution < 1.29 is 19.1 Å². The van der Waals surface area contributed by atoms with Crippen LogP contribution in [0.5, 0.6) is 0 Å². The predicted molar refractivity (Wildman–Crippen MR) is 72.7 cm³/mol. The maximum atomic E-state index is 12.4. The summed E-state index contributed by atoms with van der Waals surface area (Å²) in [6.45, 7) is 7.04. The summed E-state index contributed by atoms with van der Waals surface area (Å²) < 4.78 is 11.1. The second kappa shape index (κ2) is 4.61. The van der Waals surface area contributed by atoms with Gasteiger partial charge in [0.05, 0.1) is 5.92 Å². The Morgan fingerprint density at radius 3 is 2.75 bits per heavy atom. The van der Waals surface area contributed by atoms with Gasteiger partial charge >= 0.3 is 11.9 Å². The molecule has 0 aromatic carbocycles. The molecule has 3 fully saturated rings. The van der Waals surface area contributed by atoms with Crippen LogP contribution >= 0.6 is 0 Å². The van der Waals surface area contributed by atoms with Gasteiger partial charge in [-0.3, -0.25) is 4.79 Å². The molecule has 0 N–H and O–H groups in total. The maximum Gasteiger partial charge on any atom is 0.330 e. The molecular weight excluding hydrogens is 256 g/mol. The van der Waals surface area contributed by atoms with Crippen molar-refractivity contribution in [2.24, 2.45) is 23.7 Å². The van der Waals surface area contributed by atoms with Crippen LogP contribution in [-0.2, 0) is 19.1 Å². The molecule has 5 unspecified atom stereocenters. The van der Waals surface area contributed by atoms with E-state index in [9.17, 15) is 9.59 Å². The Hall–Kier alpha value is -1.32. The minimum Gasteiger partial charge on any atom is -0.462 e. The average molecular weight is 278 g/mol. The number of ether oxygens (including phenoxy) is 2. The van der Waals surface area contributed by atoms with Crippen molar-refractivity contribution in [3.63, 3.8) is 0 Å². The van der Waals surface area contributed by atoms with Gasteiger partial charge < -0.3 is 9.47 Å². The number of rotatable bonds is 3. The normalized spacial score (nSPS) is 39.1. The van der Waals surface area contributed by atoms with Crippen LogP contribution in [-0.4, -0.2) is 23.6 Å². The fourth-order valence-corrected chi connectivity index (χ4v) is 4.71. The largest absolute Gasteiger partial charge is 0.462 e. The van der Waals surface area contributed by atoms with Crippen molar-refractivity contribution in [1.82, 2.24) is 0 Å². The van der Waals surface area contributed by atoms with E-state index >= 15 is 0 Å². The molecule has 3 rings (SSSR count). The Kier molecular flexibility index (Phi) is 3.14. The first-order valence-corrected chi connectivity index (χ1v) is 7.50. The zero-order valence-corrected chi connectivity index (χ0v) is 12.1. The Labute approximate surface area is 119 Å². The third-order valence-electron chi connectivity index (χ3n) is 5.39. The quantitative estimate of drug-likeness (QED) is 0.588. The van der Waals surface area contributed by atoms with Crippen molar-refractivity contribution in [3.8, 4) is 0 Å². The van der Waals surface area contributed by atoms with Gasteiger partial charge in [-0.05, 0) is 50.9 Å². The highest BCUT2D eigenvalue weighted by atomic mass is 16.6. The second-order valence-electron chi connectivity index (χ2n) is 6.84. The number of esters is 2. The summed E-state index contributed by atoms with van der Waals surface area (Å²) in [6.07, 6.45) is 5.73. The lowest BCUT2D eigenvalue weighted by Crippen LogP contribution is -2.49. The molecule has 2 saturated carbocycles. The van der Waals surface area contributed by atoms with E-state index in [2.05, 4.69) is 6.58 Å². The molecule has 4 heteroatoms. The lowest BCUT2D eigenvalue weighted by atomic mass is 9.73. The summed E-state index contributed by atoms with van der Waals surface area (Å²) in [7, 11) is 0. The summed E-state index contributed by atoms with van der Waals surface area (Å²) in [5.41, 5.74) is -0.838. The first-order valence-electron chi connectivity index (χ1n) is 7.50. The molecule has 0 spiro atoms. The van der Waals surface area contributed by atoms with Crippen LogP contribution in [0, 0.1) is 23.7 Å². The maximum absolute atomic E-state index is 12.4. The number of carbonyl (C=O) groups excluding carboxylic acids is 2. The van der Waals surface area contributed by atoms with Crippen LogP contribution in [0.15, 0.2) is 12.7 Å². The second-order valence-corrected chi connectivity index (χ2v) is 6.84. The van der Waals surface area contributed by atoms with E-state index in [0.717, 1.165) is 12.5 Å². The van der Waals surface area contributed by atoms with Gasteiger partial charge in [-0.1, -0.05) is 13.0 Å². The van der Waals surface area contributed by atoms with Crippen LogP contribution in [0.2, 0.25) is 0 Å². The lowest BCUT2D eigenvalue weighted by molar-refractivity contribution is -0.182. The van der Waals surface area contributed by atoms with Crippen LogP contribution < -0.4 is 0 Å². The first-order chi connectivity index (χ1) is 9.44. The third-order valence-corrected chi connectivity index (χ3v) is 5.39. The standard InChI is InChI=1S/C16H22O4/c1-4-13(17)20-16(2,3)14-11-8-12(19-15(14)18)10-7-5-6-9(10)11/h4,9-12,14H,1,5-8H2,2-3H3. The van der Waals surface area contributed by atoms with Crippen molar-refractivity contribution >= 4 is 11.9 Å². The predicted octanol–water partition coefficient (Wildman–Crippen LogP) is 2.47. The van der Waals surface area contributed by atoms with Gasteiger partial charge in [-0.15, -0.1) is 0 Å². The van der Waals surface area contributed by atoms with Crippen LogP contribution in [0.3, 0.4) is 0 Å². The minimum absolute atomic E-state index is 0.0992. The lowest BCUT2D eigenvalue weighted by Gasteiger charge is -2.39. The summed E-state index contributed by atoms with van der Waals surface area (Å²) >= 11 is 0. The summed E-state index contributed by atoms with van der Waals surface area (Å²) in [6, 6.07) is 0. The zero-order valence-electron chi connectivity index (χ0n) is 12.1. The number of fused-ring (bicyclic) bond motifs is 5. The number of carbonyl (C=O) groups is 2. The molecule has 0 radical (unpaired) electrons. The highest BCUT2D eigenvalue weighted by molar-refractivity contribution is 5.82.